The molecule has 10 fully saturated rings. The largest absolute Gasteiger partial charge is 0.391 e. The highest BCUT2D eigenvalue weighted by molar-refractivity contribution is 6.12. The van der Waals surface area contributed by atoms with Crippen LogP contribution in [0.1, 0.15) is 96.8 Å². The van der Waals surface area contributed by atoms with Crippen molar-refractivity contribution in [2.24, 2.45) is 11.8 Å². The molecule has 11 aliphatic rings. The Balaban J connectivity index is 0.703. The summed E-state index contributed by atoms with van der Waals surface area (Å²) in [6.07, 6.45) is 5.35. The normalized spacial score (nSPS) is 40.8. The molecule has 19 atom stereocenters. The molecule has 0 saturated carbocycles. The van der Waals surface area contributed by atoms with E-state index in [1.54, 1.807) is 7.11 Å². The van der Waals surface area contributed by atoms with Crippen LogP contribution in [0, 0.1) is 11.8 Å². The highest BCUT2D eigenvalue weighted by Gasteiger charge is 2.69. The fourth-order valence-electron chi connectivity index (χ4n) is 13.3. The van der Waals surface area contributed by atoms with Crippen LogP contribution < -0.4 is 5.32 Å². The molecule has 75 heavy (non-hydrogen) atoms. The van der Waals surface area contributed by atoms with Crippen molar-refractivity contribution in [3.05, 3.63) is 36.5 Å². The highest BCUT2D eigenvalue weighted by Crippen LogP contribution is 2.54. The molecule has 11 heterocycles. The number of imide groups is 1. The van der Waals surface area contributed by atoms with Gasteiger partial charge in [-0.1, -0.05) is 20.1 Å². The number of Topliss-reactive ketones (excluding diaryl/α,β-unsaturated/α-hetero) is 1. The van der Waals surface area contributed by atoms with Crippen molar-refractivity contribution < 1.29 is 85.9 Å². The Hall–Kier alpha value is -3.06. The van der Waals surface area contributed by atoms with Gasteiger partial charge >= 0.3 is 0 Å². The first-order valence-corrected chi connectivity index (χ1v) is 27.8. The van der Waals surface area contributed by atoms with Crippen molar-refractivity contribution in [2.45, 2.75) is 200 Å². The van der Waals surface area contributed by atoms with Crippen LogP contribution in [0.5, 0.6) is 0 Å². The van der Waals surface area contributed by atoms with Gasteiger partial charge in [0, 0.05) is 76.7 Å². The number of rotatable bonds is 20. The topological polar surface area (TPSA) is 224 Å². The number of carbonyl (C=O) groups is 4. The van der Waals surface area contributed by atoms with E-state index < -0.39 is 36.3 Å². The molecule has 1 spiro atoms. The number of amides is 3. The maximum atomic E-state index is 14.4. The summed E-state index contributed by atoms with van der Waals surface area (Å²) in [6, 6.07) is 0. The maximum absolute atomic E-state index is 14.4. The molecule has 0 aromatic rings. The van der Waals surface area contributed by atoms with Gasteiger partial charge in [0.05, 0.1) is 127 Å². The van der Waals surface area contributed by atoms with E-state index in [-0.39, 0.29) is 154 Å². The summed E-state index contributed by atoms with van der Waals surface area (Å²) in [7, 11) is 1.62. The molecule has 3 amide bonds. The van der Waals surface area contributed by atoms with E-state index in [9.17, 15) is 24.3 Å². The van der Waals surface area contributed by atoms with Crippen molar-refractivity contribution >= 4 is 23.5 Å². The SMILES string of the molecule is C=C1C[C@@H]2CC[C@@]34C[C@H]5O[C@H]6[C@@H](O3)[C@H]3O[C@H](CC[C@@H]3O[C@H]6[C@H]5O4)CC(=O)C[C@@H]3[C@@H](OC)[C@@H](C[C@H](O)CNC(=O)CCOCCOCCOCCOCCN4C(=O)C=CC4=O)O[C@H]3C[C@H]3O[C@@H](CC[C@@H]1O2)C[C@@H](C)C3=C. The summed E-state index contributed by atoms with van der Waals surface area (Å²) in [5.74, 6) is -1.85. The number of aliphatic hydroxyl groups excluding tert-OH is 1. The van der Waals surface area contributed by atoms with Crippen molar-refractivity contribution in [3.8, 4) is 0 Å². The first kappa shape index (κ1) is 55.3. The number of ketones is 1. The lowest BCUT2D eigenvalue weighted by molar-refractivity contribution is -0.292. The van der Waals surface area contributed by atoms with Crippen molar-refractivity contribution in [1.29, 1.82) is 0 Å². The molecule has 0 aliphatic carbocycles. The van der Waals surface area contributed by atoms with Crippen LogP contribution >= 0.6 is 0 Å². The second kappa shape index (κ2) is 24.9. The number of ether oxygens (including phenoxy) is 13. The zero-order chi connectivity index (χ0) is 52.2. The predicted molar refractivity (Wildman–Crippen MR) is 264 cm³/mol. The predicted octanol–water partition coefficient (Wildman–Crippen LogP) is 2.98. The van der Waals surface area contributed by atoms with Crippen molar-refractivity contribution in [2.75, 3.05) is 73.1 Å². The van der Waals surface area contributed by atoms with Crippen molar-refractivity contribution in [3.63, 3.8) is 0 Å². The Morgan fingerprint density at radius 2 is 1.39 bits per heavy atom. The van der Waals surface area contributed by atoms with Gasteiger partial charge < -0.3 is 72.0 Å². The zero-order valence-electron chi connectivity index (χ0n) is 43.8. The first-order chi connectivity index (χ1) is 36.3. The molecular weight excluding hydrogens is 977 g/mol. The fraction of sp³-hybridized carbons (Fsp3) is 0.818. The number of carbonyl (C=O) groups excluding carboxylic acids is 4. The van der Waals surface area contributed by atoms with Gasteiger partial charge in [-0.05, 0) is 62.0 Å². The van der Waals surface area contributed by atoms with E-state index in [1.165, 1.54) is 12.2 Å². The molecule has 20 nitrogen and oxygen atoms in total. The quantitative estimate of drug-likeness (QED) is 0.102. The fourth-order valence-corrected chi connectivity index (χ4v) is 13.3. The molecular formula is C55H80N2O18. The van der Waals surface area contributed by atoms with E-state index in [0.717, 1.165) is 54.6 Å². The highest BCUT2D eigenvalue weighted by atomic mass is 16.8. The van der Waals surface area contributed by atoms with E-state index in [0.29, 0.717) is 65.3 Å². The Morgan fingerprint density at radius 1 is 0.720 bits per heavy atom. The van der Waals surface area contributed by atoms with Gasteiger partial charge in [0.2, 0.25) is 5.91 Å². The summed E-state index contributed by atoms with van der Waals surface area (Å²) in [6.45, 7) is 13.8. The molecule has 418 valence electrons. The average molecular weight is 1060 g/mol. The van der Waals surface area contributed by atoms with E-state index >= 15 is 0 Å². The van der Waals surface area contributed by atoms with Gasteiger partial charge in [-0.25, -0.2) is 0 Å². The van der Waals surface area contributed by atoms with Crippen LogP contribution in [0.4, 0.5) is 0 Å². The lowest BCUT2D eigenvalue weighted by Crippen LogP contribution is -2.61. The lowest BCUT2D eigenvalue weighted by Gasteiger charge is -2.47. The molecule has 10 saturated heterocycles. The number of nitrogens with zero attached hydrogens (tertiary/aromatic N) is 1. The molecule has 11 aliphatic heterocycles. The molecule has 2 N–H and O–H groups in total. The van der Waals surface area contributed by atoms with Crippen LogP contribution in [0.25, 0.3) is 0 Å². The molecule has 0 unspecified atom stereocenters. The Bertz CT molecular complexity index is 2060. The number of hydrogen-bond donors (Lipinski definition) is 2. The third kappa shape index (κ3) is 13.0. The molecule has 0 radical (unpaired) electrons. The monoisotopic (exact) mass is 1060 g/mol. The minimum absolute atomic E-state index is 0.00321. The molecule has 12 bridgehead atoms. The third-order valence-electron chi connectivity index (χ3n) is 17.2. The second-order valence-electron chi connectivity index (χ2n) is 22.4. The Kier molecular flexibility index (Phi) is 18.4. The average Bonchev–Trinajstić information content (AvgIpc) is 4.15. The minimum atomic E-state index is -0.950. The number of aliphatic hydroxyl groups is 1. The van der Waals surface area contributed by atoms with Crippen LogP contribution in [0.2, 0.25) is 0 Å². The lowest BCUT2D eigenvalue weighted by atomic mass is 9.81. The van der Waals surface area contributed by atoms with Crippen LogP contribution in [0.15, 0.2) is 36.5 Å². The number of fused-ring (bicyclic) bond motifs is 6. The van der Waals surface area contributed by atoms with E-state index in [1.807, 2.05) is 0 Å². The standard InChI is InChI=1S/C55H80N2O18/c1-31-23-36-5-7-40-32(2)24-38(68-40)11-13-55-29-45-51(74-55)52-53(73-45)54(75-55)50-41(72-52)8-6-37(70-50)25-34(58)26-39-43(28-42(69-36)33(31)3)71-44(49(39)63-4)27-35(59)30-56-46(60)12-15-64-17-19-66-21-22-67-20-18-65-16-14-57-47(61)9-10-48(57)62/h9-10,31,35-45,49-54,59H,2-3,5-8,11-30H2,1,4H3,(H,56,60)/t31-,35+,36+,37-,38+,39+,40+,41+,42-,43+,44-,45-,49-,50+,51+,52+,53-,54+,55+/m1/s1. The number of methoxy groups -OCH3 is 1. The van der Waals surface area contributed by atoms with E-state index in [4.69, 9.17) is 61.6 Å². The van der Waals surface area contributed by atoms with Gasteiger partial charge in [0.25, 0.3) is 11.8 Å². The minimum Gasteiger partial charge on any atom is -0.391 e. The molecule has 0 aromatic heterocycles. The van der Waals surface area contributed by atoms with Gasteiger partial charge in [-0.15, -0.1) is 0 Å². The number of hydrogen-bond acceptors (Lipinski definition) is 18. The summed E-state index contributed by atoms with van der Waals surface area (Å²) in [5.41, 5.74) is 2.11. The van der Waals surface area contributed by atoms with Crippen LogP contribution in [-0.4, -0.2) is 210 Å². The summed E-state index contributed by atoms with van der Waals surface area (Å²) in [4.78, 5) is 51.4. The Morgan fingerprint density at radius 3 is 2.15 bits per heavy atom. The molecule has 20 heteroatoms. The Labute approximate surface area is 440 Å². The molecule has 11 rings (SSSR count). The smallest absolute Gasteiger partial charge is 0.253 e. The third-order valence-corrected chi connectivity index (χ3v) is 17.2. The number of nitrogens with one attached hydrogen (secondary N) is 1. The van der Waals surface area contributed by atoms with Crippen LogP contribution in [0.3, 0.4) is 0 Å². The second-order valence-corrected chi connectivity index (χ2v) is 22.4. The summed E-state index contributed by atoms with van der Waals surface area (Å²) >= 11 is 0. The maximum Gasteiger partial charge on any atom is 0.253 e. The summed E-state index contributed by atoms with van der Waals surface area (Å²) < 4.78 is 82.7. The molecule has 0 aromatic carbocycles. The van der Waals surface area contributed by atoms with Gasteiger partial charge in [-0.2, -0.15) is 0 Å². The van der Waals surface area contributed by atoms with Crippen LogP contribution in [-0.2, 0) is 80.8 Å². The zero-order valence-corrected chi connectivity index (χ0v) is 43.8. The van der Waals surface area contributed by atoms with Crippen molar-refractivity contribution in [1.82, 2.24) is 10.2 Å². The summed E-state index contributed by atoms with van der Waals surface area (Å²) in [5, 5.41) is 14.2. The van der Waals surface area contributed by atoms with Gasteiger partial charge in [0.15, 0.2) is 5.79 Å². The van der Waals surface area contributed by atoms with E-state index in [2.05, 4.69) is 25.4 Å². The van der Waals surface area contributed by atoms with Gasteiger partial charge in [0.1, 0.15) is 36.3 Å². The first-order valence-electron chi connectivity index (χ1n) is 27.8. The van der Waals surface area contributed by atoms with Gasteiger partial charge in [-0.3, -0.25) is 24.1 Å².